The van der Waals surface area contributed by atoms with Crippen LogP contribution in [0.4, 0.5) is 11.4 Å². The lowest BCUT2D eigenvalue weighted by molar-refractivity contribution is 0.0680. The van der Waals surface area contributed by atoms with Crippen LogP contribution in [0, 0.1) is 0 Å². The fourth-order valence-electron chi connectivity index (χ4n) is 3.93. The molecule has 3 rings (SSSR count). The van der Waals surface area contributed by atoms with Gasteiger partial charge >= 0.3 is 0 Å². The summed E-state index contributed by atoms with van der Waals surface area (Å²) in [5.74, 6) is 0.944. The van der Waals surface area contributed by atoms with Crippen molar-refractivity contribution in [1.29, 1.82) is 0 Å². The van der Waals surface area contributed by atoms with Crippen LogP contribution in [-0.4, -0.2) is 37.2 Å². The lowest BCUT2D eigenvalue weighted by atomic mass is 10.0. The normalized spacial score (nSPS) is 14.9. The van der Waals surface area contributed by atoms with E-state index in [9.17, 15) is 0 Å². The van der Waals surface area contributed by atoms with Crippen molar-refractivity contribution < 1.29 is 4.74 Å². The minimum absolute atomic E-state index is 0.743. The number of para-hydroxylation sites is 2. The van der Waals surface area contributed by atoms with E-state index in [2.05, 4.69) is 74.3 Å². The summed E-state index contributed by atoms with van der Waals surface area (Å²) in [7, 11) is 0. The average Bonchev–Trinajstić information content (AvgIpc) is 2.79. The molecular weight excluding hydrogens is 358 g/mol. The van der Waals surface area contributed by atoms with Crippen LogP contribution in [0.3, 0.4) is 0 Å². The fourth-order valence-corrected chi connectivity index (χ4v) is 3.93. The molecule has 0 aliphatic carbocycles. The van der Waals surface area contributed by atoms with E-state index in [0.717, 1.165) is 63.6 Å². The van der Waals surface area contributed by atoms with E-state index in [0.29, 0.717) is 0 Å². The highest BCUT2D eigenvalue weighted by Crippen LogP contribution is 2.28. The van der Waals surface area contributed by atoms with Crippen LogP contribution in [-0.2, 0) is 30.4 Å². The quantitative estimate of drug-likeness (QED) is 0.530. The molecule has 0 spiro atoms. The van der Waals surface area contributed by atoms with Crippen molar-refractivity contribution in [3.63, 3.8) is 0 Å². The molecule has 2 aromatic rings. The number of aryl methyl sites for hydroxylation is 4. The molecule has 2 aromatic carbocycles. The van der Waals surface area contributed by atoms with Gasteiger partial charge in [-0.3, -0.25) is 0 Å². The van der Waals surface area contributed by atoms with Gasteiger partial charge in [-0.15, -0.1) is 0 Å². The third kappa shape index (κ3) is 4.99. The van der Waals surface area contributed by atoms with Crippen molar-refractivity contribution in [2.24, 2.45) is 4.99 Å². The maximum atomic E-state index is 5.61. The van der Waals surface area contributed by atoms with Crippen molar-refractivity contribution in [2.75, 3.05) is 31.6 Å². The van der Waals surface area contributed by atoms with E-state index in [-0.39, 0.29) is 0 Å². The summed E-state index contributed by atoms with van der Waals surface area (Å²) >= 11 is 0. The van der Waals surface area contributed by atoms with Crippen LogP contribution in [0.25, 0.3) is 0 Å². The Labute approximate surface area is 176 Å². The summed E-state index contributed by atoms with van der Waals surface area (Å²) in [4.78, 5) is 7.58. The molecule has 0 atom stereocenters. The van der Waals surface area contributed by atoms with Gasteiger partial charge in [0, 0.05) is 18.8 Å². The average molecular weight is 394 g/mol. The maximum Gasteiger partial charge on any atom is 0.203 e. The highest BCUT2D eigenvalue weighted by atomic mass is 16.5. The highest BCUT2D eigenvalue weighted by Gasteiger charge is 2.19. The molecule has 1 N–H and O–H groups in total. The maximum absolute atomic E-state index is 5.61. The summed E-state index contributed by atoms with van der Waals surface area (Å²) < 4.78 is 5.61. The van der Waals surface area contributed by atoms with Gasteiger partial charge in [-0.1, -0.05) is 64.1 Å². The van der Waals surface area contributed by atoms with Gasteiger partial charge in [-0.2, -0.15) is 0 Å². The van der Waals surface area contributed by atoms with Crippen LogP contribution >= 0.6 is 0 Å². The first-order valence-electron chi connectivity index (χ1n) is 11.1. The first-order valence-corrected chi connectivity index (χ1v) is 11.1. The number of nitrogens with zero attached hydrogens (tertiary/aromatic N) is 2. The molecule has 0 bridgehead atoms. The molecule has 1 saturated heterocycles. The van der Waals surface area contributed by atoms with Crippen molar-refractivity contribution in [1.82, 2.24) is 4.90 Å². The molecule has 0 amide bonds. The zero-order valence-corrected chi connectivity index (χ0v) is 18.4. The van der Waals surface area contributed by atoms with Gasteiger partial charge in [0.1, 0.15) is 0 Å². The second kappa shape index (κ2) is 10.4. The molecule has 156 valence electrons. The van der Waals surface area contributed by atoms with E-state index in [1.54, 1.807) is 0 Å². The SMILES string of the molecule is CCc1cccc(CC)c1/N=C(/Nc1c(CC)cccc1CC)N1CCOCC1. The van der Waals surface area contributed by atoms with Gasteiger partial charge in [-0.05, 0) is 47.9 Å². The smallest absolute Gasteiger partial charge is 0.203 e. The largest absolute Gasteiger partial charge is 0.378 e. The molecule has 1 aliphatic heterocycles. The van der Waals surface area contributed by atoms with E-state index >= 15 is 0 Å². The van der Waals surface area contributed by atoms with Crippen molar-refractivity contribution >= 4 is 17.3 Å². The van der Waals surface area contributed by atoms with Gasteiger partial charge < -0.3 is 15.0 Å². The lowest BCUT2D eigenvalue weighted by Crippen LogP contribution is -2.44. The first-order chi connectivity index (χ1) is 14.2. The minimum atomic E-state index is 0.743. The number of nitrogens with one attached hydrogen (secondary N) is 1. The molecule has 1 fully saturated rings. The van der Waals surface area contributed by atoms with Crippen LogP contribution in [0.15, 0.2) is 41.4 Å². The molecule has 1 aliphatic rings. The number of morpholine rings is 1. The number of guanidine groups is 1. The summed E-state index contributed by atoms with van der Waals surface area (Å²) in [6.45, 7) is 12.0. The summed E-state index contributed by atoms with van der Waals surface area (Å²) in [6, 6.07) is 13.2. The first kappa shape index (κ1) is 21.4. The second-order valence-electron chi connectivity index (χ2n) is 7.45. The van der Waals surface area contributed by atoms with Crippen LogP contribution in [0.5, 0.6) is 0 Å². The molecule has 4 heteroatoms. The lowest BCUT2D eigenvalue weighted by Gasteiger charge is -2.31. The number of rotatable bonds is 6. The van der Waals surface area contributed by atoms with E-state index in [4.69, 9.17) is 9.73 Å². The molecule has 0 radical (unpaired) electrons. The van der Waals surface area contributed by atoms with Crippen molar-refractivity contribution in [3.05, 3.63) is 58.7 Å². The molecule has 4 nitrogen and oxygen atoms in total. The Bertz CT molecular complexity index is 793. The fraction of sp³-hybridized carbons (Fsp3) is 0.480. The molecule has 0 saturated carbocycles. The van der Waals surface area contributed by atoms with Crippen LogP contribution in [0.1, 0.15) is 49.9 Å². The Morgan fingerprint density at radius 2 is 1.31 bits per heavy atom. The van der Waals surface area contributed by atoms with Crippen molar-refractivity contribution in [2.45, 2.75) is 53.4 Å². The van der Waals surface area contributed by atoms with Gasteiger partial charge in [0.25, 0.3) is 0 Å². The topological polar surface area (TPSA) is 36.9 Å². The number of ether oxygens (including phenoxy) is 1. The molecule has 0 unspecified atom stereocenters. The number of anilines is 1. The predicted octanol–water partition coefficient (Wildman–Crippen LogP) is 5.37. The van der Waals surface area contributed by atoms with Gasteiger partial charge in [-0.25, -0.2) is 4.99 Å². The van der Waals surface area contributed by atoms with Crippen molar-refractivity contribution in [3.8, 4) is 0 Å². The predicted molar refractivity (Wildman–Crippen MR) is 124 cm³/mol. The number of benzene rings is 2. The van der Waals surface area contributed by atoms with Crippen LogP contribution < -0.4 is 5.32 Å². The van der Waals surface area contributed by atoms with Gasteiger partial charge in [0.2, 0.25) is 5.96 Å². The molecule has 0 aromatic heterocycles. The third-order valence-corrected chi connectivity index (χ3v) is 5.73. The Morgan fingerprint density at radius 1 is 0.828 bits per heavy atom. The Morgan fingerprint density at radius 3 is 1.79 bits per heavy atom. The molecule has 1 heterocycles. The zero-order chi connectivity index (χ0) is 20.6. The minimum Gasteiger partial charge on any atom is -0.378 e. The Balaban J connectivity index is 2.09. The monoisotopic (exact) mass is 393 g/mol. The number of aliphatic imine (C=N–C) groups is 1. The summed E-state index contributed by atoms with van der Waals surface area (Å²) in [6.07, 6.45) is 3.96. The molecular formula is C25H35N3O. The zero-order valence-electron chi connectivity index (χ0n) is 18.4. The second-order valence-corrected chi connectivity index (χ2v) is 7.45. The number of hydrogen-bond acceptors (Lipinski definition) is 2. The third-order valence-electron chi connectivity index (χ3n) is 5.73. The van der Waals surface area contributed by atoms with E-state index in [1.165, 1.54) is 27.9 Å². The standard InChI is InChI=1S/C25H35N3O/c1-5-19-11-9-12-20(6-2)23(19)26-25(28-15-17-29-18-16-28)27-24-21(7-3)13-10-14-22(24)8-4/h9-14H,5-8,15-18H2,1-4H3,(H,26,27). The summed E-state index contributed by atoms with van der Waals surface area (Å²) in [5.41, 5.74) is 7.62. The van der Waals surface area contributed by atoms with Gasteiger partial charge in [0.05, 0.1) is 18.9 Å². The van der Waals surface area contributed by atoms with Crippen LogP contribution in [0.2, 0.25) is 0 Å². The Hall–Kier alpha value is -2.33. The Kier molecular flexibility index (Phi) is 7.70. The highest BCUT2D eigenvalue weighted by molar-refractivity contribution is 5.97. The van der Waals surface area contributed by atoms with E-state index in [1.807, 2.05) is 0 Å². The number of hydrogen-bond donors (Lipinski definition) is 1. The molecule has 29 heavy (non-hydrogen) atoms. The summed E-state index contributed by atoms with van der Waals surface area (Å²) in [5, 5.41) is 3.76. The van der Waals surface area contributed by atoms with E-state index < -0.39 is 0 Å². The van der Waals surface area contributed by atoms with Gasteiger partial charge in [0.15, 0.2) is 0 Å².